The molecule has 0 radical (unpaired) electrons. The minimum absolute atomic E-state index is 0.280. The van der Waals surface area contributed by atoms with Crippen LogP contribution in [0.15, 0.2) is 24.3 Å². The summed E-state index contributed by atoms with van der Waals surface area (Å²) in [5, 5.41) is 0. The van der Waals surface area contributed by atoms with Gasteiger partial charge >= 0.3 is 6.09 Å². The first-order valence-corrected chi connectivity index (χ1v) is 11.4. The van der Waals surface area contributed by atoms with Crippen LogP contribution in [0.1, 0.15) is 20.3 Å². The SMILES string of the molecule is CCOC(=O)N1CCN(C(=O)[C@@H](CC)N(c2ccc(OC)cc2)S(C)(=O)=O)CC1. The molecular weight excluding hydrogens is 398 g/mol. The molecule has 0 bridgehead atoms. The summed E-state index contributed by atoms with van der Waals surface area (Å²) >= 11 is 0. The smallest absolute Gasteiger partial charge is 0.409 e. The van der Waals surface area contributed by atoms with E-state index in [1.807, 2.05) is 0 Å². The predicted octanol–water partition coefficient (Wildman–Crippen LogP) is 1.54. The third kappa shape index (κ3) is 5.53. The number of anilines is 1. The Morgan fingerprint density at radius 3 is 2.07 bits per heavy atom. The van der Waals surface area contributed by atoms with Crippen molar-refractivity contribution in [2.75, 3.05) is 50.5 Å². The van der Waals surface area contributed by atoms with Gasteiger partial charge in [-0.1, -0.05) is 6.92 Å². The van der Waals surface area contributed by atoms with Crippen LogP contribution >= 0.6 is 0 Å². The number of carbonyl (C=O) groups is 2. The topological polar surface area (TPSA) is 96.5 Å². The lowest BCUT2D eigenvalue weighted by Crippen LogP contribution is -2.56. The average molecular weight is 428 g/mol. The third-order valence-electron chi connectivity index (χ3n) is 4.76. The lowest BCUT2D eigenvalue weighted by atomic mass is 10.1. The average Bonchev–Trinajstić information content (AvgIpc) is 2.71. The second-order valence-corrected chi connectivity index (χ2v) is 8.55. The highest BCUT2D eigenvalue weighted by Gasteiger charge is 2.36. The van der Waals surface area contributed by atoms with Crippen molar-refractivity contribution in [2.24, 2.45) is 0 Å². The molecule has 10 heteroatoms. The maximum Gasteiger partial charge on any atom is 0.409 e. The number of nitrogens with zero attached hydrogens (tertiary/aromatic N) is 3. The lowest BCUT2D eigenvalue weighted by Gasteiger charge is -2.38. The molecule has 1 aromatic rings. The highest BCUT2D eigenvalue weighted by molar-refractivity contribution is 7.92. The van der Waals surface area contributed by atoms with E-state index in [0.717, 1.165) is 10.6 Å². The maximum atomic E-state index is 13.2. The number of sulfonamides is 1. The number of hydrogen-bond acceptors (Lipinski definition) is 6. The van der Waals surface area contributed by atoms with E-state index in [9.17, 15) is 18.0 Å². The Bertz CT molecular complexity index is 804. The Balaban J connectivity index is 2.20. The molecule has 162 valence electrons. The number of methoxy groups -OCH3 is 1. The van der Waals surface area contributed by atoms with Crippen molar-refractivity contribution in [2.45, 2.75) is 26.3 Å². The summed E-state index contributed by atoms with van der Waals surface area (Å²) in [7, 11) is -2.18. The number of carbonyl (C=O) groups excluding carboxylic acids is 2. The molecule has 29 heavy (non-hydrogen) atoms. The van der Waals surface area contributed by atoms with Crippen LogP contribution in [0.25, 0.3) is 0 Å². The van der Waals surface area contributed by atoms with Crippen molar-refractivity contribution in [1.29, 1.82) is 0 Å². The highest BCUT2D eigenvalue weighted by Crippen LogP contribution is 2.26. The molecule has 1 saturated heterocycles. The van der Waals surface area contributed by atoms with Crippen molar-refractivity contribution in [3.05, 3.63) is 24.3 Å². The van der Waals surface area contributed by atoms with Gasteiger partial charge in [0.1, 0.15) is 11.8 Å². The number of rotatable bonds is 7. The molecule has 2 amide bonds. The van der Waals surface area contributed by atoms with Gasteiger partial charge in [0.2, 0.25) is 15.9 Å². The van der Waals surface area contributed by atoms with E-state index >= 15 is 0 Å². The Hall–Kier alpha value is -2.49. The second-order valence-electron chi connectivity index (χ2n) is 6.69. The van der Waals surface area contributed by atoms with Crippen molar-refractivity contribution in [3.8, 4) is 5.75 Å². The summed E-state index contributed by atoms with van der Waals surface area (Å²) in [6.45, 7) is 5.16. The van der Waals surface area contributed by atoms with Crippen molar-refractivity contribution >= 4 is 27.7 Å². The van der Waals surface area contributed by atoms with E-state index in [-0.39, 0.29) is 5.91 Å². The van der Waals surface area contributed by atoms with Gasteiger partial charge in [-0.2, -0.15) is 0 Å². The largest absolute Gasteiger partial charge is 0.497 e. The van der Waals surface area contributed by atoms with Crippen LogP contribution in [-0.4, -0.2) is 82.4 Å². The van der Waals surface area contributed by atoms with Gasteiger partial charge in [-0.15, -0.1) is 0 Å². The fourth-order valence-electron chi connectivity index (χ4n) is 3.31. The molecule has 0 N–H and O–H groups in total. The molecule has 1 atom stereocenters. The number of benzene rings is 1. The molecule has 1 aromatic carbocycles. The van der Waals surface area contributed by atoms with E-state index in [4.69, 9.17) is 9.47 Å². The Labute approximate surface area is 172 Å². The molecule has 0 spiro atoms. The van der Waals surface area contributed by atoms with Crippen LogP contribution in [0, 0.1) is 0 Å². The molecule has 0 aromatic heterocycles. The zero-order valence-electron chi connectivity index (χ0n) is 17.3. The number of hydrogen-bond donors (Lipinski definition) is 0. The van der Waals surface area contributed by atoms with E-state index in [1.54, 1.807) is 47.9 Å². The molecule has 0 unspecified atom stereocenters. The summed E-state index contributed by atoms with van der Waals surface area (Å²) in [6, 6.07) is 5.68. The van der Waals surface area contributed by atoms with E-state index in [2.05, 4.69) is 0 Å². The van der Waals surface area contributed by atoms with Crippen LogP contribution in [0.2, 0.25) is 0 Å². The third-order valence-corrected chi connectivity index (χ3v) is 5.94. The zero-order valence-corrected chi connectivity index (χ0v) is 18.1. The van der Waals surface area contributed by atoms with Crippen molar-refractivity contribution in [3.63, 3.8) is 0 Å². The normalized spacial score (nSPS) is 15.6. The Morgan fingerprint density at radius 1 is 1.07 bits per heavy atom. The molecule has 1 fully saturated rings. The summed E-state index contributed by atoms with van der Waals surface area (Å²) in [5.41, 5.74) is 0.402. The van der Waals surface area contributed by atoms with Crippen molar-refractivity contribution < 1.29 is 27.5 Å². The minimum atomic E-state index is -3.70. The van der Waals surface area contributed by atoms with Gasteiger partial charge in [0, 0.05) is 26.2 Å². The summed E-state index contributed by atoms with van der Waals surface area (Å²) in [6.07, 6.45) is 1.00. The van der Waals surface area contributed by atoms with Crippen LogP contribution < -0.4 is 9.04 Å². The number of piperazine rings is 1. The summed E-state index contributed by atoms with van der Waals surface area (Å²) < 4.78 is 36.4. The lowest BCUT2D eigenvalue weighted by molar-refractivity contribution is -0.134. The van der Waals surface area contributed by atoms with E-state index < -0.39 is 22.2 Å². The van der Waals surface area contributed by atoms with Gasteiger partial charge < -0.3 is 19.3 Å². The van der Waals surface area contributed by atoms with Gasteiger partial charge in [-0.05, 0) is 37.6 Å². The monoisotopic (exact) mass is 427 g/mol. The van der Waals surface area contributed by atoms with E-state index in [0.29, 0.717) is 50.6 Å². The molecule has 1 aliphatic heterocycles. The van der Waals surface area contributed by atoms with Crippen LogP contribution in [-0.2, 0) is 19.6 Å². The quantitative estimate of drug-likeness (QED) is 0.655. The van der Waals surface area contributed by atoms with Crippen molar-refractivity contribution in [1.82, 2.24) is 9.80 Å². The first-order valence-electron chi connectivity index (χ1n) is 9.56. The van der Waals surface area contributed by atoms with Crippen LogP contribution in [0.5, 0.6) is 5.75 Å². The molecule has 1 heterocycles. The van der Waals surface area contributed by atoms with Gasteiger partial charge in [0.25, 0.3) is 0 Å². The van der Waals surface area contributed by atoms with Gasteiger partial charge in [-0.25, -0.2) is 13.2 Å². The summed E-state index contributed by atoms with van der Waals surface area (Å²) in [4.78, 5) is 28.2. The van der Waals surface area contributed by atoms with Crippen LogP contribution in [0.3, 0.4) is 0 Å². The standard InChI is InChI=1S/C19H29N3O6S/c1-5-17(18(23)20-11-13-21(14-12-20)19(24)28-6-2)22(29(4,25)26)15-7-9-16(27-3)10-8-15/h7-10,17H,5-6,11-14H2,1-4H3/t17-/m1/s1. The number of amides is 2. The van der Waals surface area contributed by atoms with Gasteiger partial charge in [0.15, 0.2) is 0 Å². The van der Waals surface area contributed by atoms with Gasteiger partial charge in [0.05, 0.1) is 25.7 Å². The maximum absolute atomic E-state index is 13.2. The zero-order chi connectivity index (χ0) is 21.6. The van der Waals surface area contributed by atoms with E-state index in [1.165, 1.54) is 7.11 Å². The molecule has 1 aliphatic rings. The summed E-state index contributed by atoms with van der Waals surface area (Å²) in [5.74, 6) is 0.314. The number of ether oxygens (including phenoxy) is 2. The first-order chi connectivity index (χ1) is 13.7. The molecule has 9 nitrogen and oxygen atoms in total. The fourth-order valence-corrected chi connectivity index (χ4v) is 4.51. The molecular formula is C19H29N3O6S. The molecule has 0 aliphatic carbocycles. The molecule has 0 saturated carbocycles. The highest BCUT2D eigenvalue weighted by atomic mass is 32.2. The van der Waals surface area contributed by atoms with Crippen LogP contribution in [0.4, 0.5) is 10.5 Å². The Kier molecular flexibility index (Phi) is 7.72. The predicted molar refractivity (Wildman–Crippen MR) is 110 cm³/mol. The Morgan fingerprint density at radius 2 is 1.62 bits per heavy atom. The second kappa shape index (κ2) is 9.82. The first kappa shape index (κ1) is 22.8. The minimum Gasteiger partial charge on any atom is -0.497 e. The molecule has 2 rings (SSSR count). The van der Waals surface area contributed by atoms with Gasteiger partial charge in [-0.3, -0.25) is 9.10 Å². The fraction of sp³-hybridized carbons (Fsp3) is 0.579.